The minimum Gasteiger partial charge on any atom is -0.219 e. The second-order valence-electron chi connectivity index (χ2n) is 6.59. The molecule has 136 valence electrons. The molecule has 0 amide bonds. The standard InChI is InChI=1S/C21H18ClN2O2S/c1-16-19(22)5-4-6-20(16)27(25,26)18-10-8-17(9-11-18)15-24-13-3-2-7-21(24)23-12-14-24/h2-14H,15H2,1H3/q+1. The third kappa shape index (κ3) is 3.08. The van der Waals surface area contributed by atoms with Crippen LogP contribution in [0.4, 0.5) is 0 Å². The molecule has 27 heavy (non-hydrogen) atoms. The van der Waals surface area contributed by atoms with Gasteiger partial charge >= 0.3 is 0 Å². The van der Waals surface area contributed by atoms with E-state index in [2.05, 4.69) is 11.2 Å². The van der Waals surface area contributed by atoms with E-state index in [0.717, 1.165) is 11.4 Å². The first-order valence-corrected chi connectivity index (χ1v) is 10.4. The Hall–Kier alpha value is -2.47. The van der Waals surface area contributed by atoms with E-state index < -0.39 is 9.84 Å². The molecular formula is C21H18ClN2O2S+. The van der Waals surface area contributed by atoms with Crippen LogP contribution >= 0.6 is 11.6 Å². The minimum absolute atomic E-state index is 0.241. The molecule has 2 heterocycles. The van der Waals surface area contributed by atoms with Gasteiger partial charge in [-0.15, -0.1) is 0 Å². The Labute approximate surface area is 163 Å². The molecule has 0 fully saturated rings. The first-order chi connectivity index (χ1) is 12.9. The van der Waals surface area contributed by atoms with Gasteiger partial charge in [0.05, 0.1) is 16.0 Å². The average molecular weight is 398 g/mol. The van der Waals surface area contributed by atoms with Crippen molar-refractivity contribution in [1.29, 1.82) is 0 Å². The number of hydrogen-bond donors (Lipinski definition) is 0. The molecule has 2 aromatic carbocycles. The molecular weight excluding hydrogens is 380 g/mol. The van der Waals surface area contributed by atoms with E-state index >= 15 is 0 Å². The van der Waals surface area contributed by atoms with Gasteiger partial charge in [-0.05, 0) is 48.9 Å². The number of sulfone groups is 1. The van der Waals surface area contributed by atoms with E-state index in [1.54, 1.807) is 43.5 Å². The molecule has 4 rings (SSSR count). The summed E-state index contributed by atoms with van der Waals surface area (Å²) in [7, 11) is -3.61. The van der Waals surface area contributed by atoms with Gasteiger partial charge in [0.2, 0.25) is 15.7 Å². The number of fused-ring (bicyclic) bond motifs is 1. The predicted molar refractivity (Wildman–Crippen MR) is 107 cm³/mol. The van der Waals surface area contributed by atoms with Crippen molar-refractivity contribution >= 4 is 27.3 Å². The lowest BCUT2D eigenvalue weighted by atomic mass is 10.1. The second kappa shape index (κ2) is 6.60. The molecule has 0 aliphatic carbocycles. The number of rotatable bonds is 4. The fourth-order valence-corrected chi connectivity index (χ4v) is 5.08. The number of amidine groups is 1. The maximum Gasteiger partial charge on any atom is 0.237 e. The number of allylic oxidation sites excluding steroid dienone is 2. The highest BCUT2D eigenvalue weighted by Crippen LogP contribution is 2.30. The van der Waals surface area contributed by atoms with Gasteiger partial charge in [-0.1, -0.05) is 29.8 Å². The summed E-state index contributed by atoms with van der Waals surface area (Å²) >= 11 is 6.10. The van der Waals surface area contributed by atoms with Crippen molar-refractivity contribution in [2.75, 3.05) is 0 Å². The van der Waals surface area contributed by atoms with E-state index in [1.165, 1.54) is 0 Å². The highest BCUT2D eigenvalue weighted by Gasteiger charge is 2.33. The second-order valence-corrected chi connectivity index (χ2v) is 8.91. The Bertz CT molecular complexity index is 1130. The van der Waals surface area contributed by atoms with Crippen LogP contribution in [0.15, 0.2) is 94.1 Å². The highest BCUT2D eigenvalue weighted by atomic mass is 35.5. The number of benzene rings is 2. The van der Waals surface area contributed by atoms with E-state index in [4.69, 9.17) is 11.6 Å². The Morgan fingerprint density at radius 1 is 1.04 bits per heavy atom. The smallest absolute Gasteiger partial charge is 0.219 e. The molecule has 1 atom stereocenters. The van der Waals surface area contributed by atoms with Gasteiger partial charge in [-0.2, -0.15) is 4.99 Å². The normalized spacial score (nSPS) is 20.6. The van der Waals surface area contributed by atoms with Crippen LogP contribution in [0.3, 0.4) is 0 Å². The summed E-state index contributed by atoms with van der Waals surface area (Å²) in [6, 6.07) is 12.0. The molecule has 6 heteroatoms. The molecule has 0 bridgehead atoms. The zero-order valence-corrected chi connectivity index (χ0v) is 16.3. The Morgan fingerprint density at radius 2 is 1.81 bits per heavy atom. The van der Waals surface area contributed by atoms with Gasteiger partial charge in [-0.25, -0.2) is 12.9 Å². The van der Waals surface area contributed by atoms with Crippen LogP contribution in [-0.2, 0) is 16.4 Å². The summed E-state index contributed by atoms with van der Waals surface area (Å²) in [5, 5.41) is 0.445. The van der Waals surface area contributed by atoms with Crippen molar-refractivity contribution in [3.05, 3.63) is 95.4 Å². The third-order valence-corrected chi connectivity index (χ3v) is 7.18. The highest BCUT2D eigenvalue weighted by molar-refractivity contribution is 7.91. The van der Waals surface area contributed by atoms with Crippen molar-refractivity contribution in [2.45, 2.75) is 23.3 Å². The molecule has 0 saturated heterocycles. The molecule has 2 aliphatic heterocycles. The third-order valence-electron chi connectivity index (χ3n) is 4.86. The maximum absolute atomic E-state index is 13.0. The summed E-state index contributed by atoms with van der Waals surface area (Å²) in [4.78, 5) is 4.90. The zero-order chi connectivity index (χ0) is 19.1. The van der Waals surface area contributed by atoms with Crippen LogP contribution in [0, 0.1) is 6.92 Å². The topological polar surface area (TPSA) is 46.5 Å². The van der Waals surface area contributed by atoms with Crippen molar-refractivity contribution in [1.82, 2.24) is 0 Å². The molecule has 2 aromatic rings. The van der Waals surface area contributed by atoms with E-state index in [9.17, 15) is 8.42 Å². The number of aliphatic imine (C=N–C) groups is 1. The van der Waals surface area contributed by atoms with Crippen LogP contribution in [0.2, 0.25) is 5.02 Å². The van der Waals surface area contributed by atoms with Crippen LogP contribution < -0.4 is 0 Å². The van der Waals surface area contributed by atoms with Crippen molar-refractivity contribution in [3.63, 3.8) is 0 Å². The SMILES string of the molecule is Cc1c(Cl)cccc1S(=O)(=O)c1ccc(C[N+]23C=CC=CC2=NC=C3)cc1. The van der Waals surface area contributed by atoms with E-state index in [-0.39, 0.29) is 9.79 Å². The quantitative estimate of drug-likeness (QED) is 0.698. The van der Waals surface area contributed by atoms with Gasteiger partial charge in [0, 0.05) is 16.7 Å². The number of hydrogen-bond acceptors (Lipinski definition) is 3. The molecule has 0 aromatic heterocycles. The van der Waals surface area contributed by atoms with Crippen LogP contribution in [0.25, 0.3) is 0 Å². The maximum atomic E-state index is 13.0. The zero-order valence-electron chi connectivity index (χ0n) is 14.7. The van der Waals surface area contributed by atoms with E-state index in [0.29, 0.717) is 21.6 Å². The van der Waals surface area contributed by atoms with Crippen molar-refractivity contribution in [3.8, 4) is 0 Å². The molecule has 1 unspecified atom stereocenters. The Balaban J connectivity index is 1.64. The molecule has 0 radical (unpaired) electrons. The largest absolute Gasteiger partial charge is 0.237 e. The van der Waals surface area contributed by atoms with Gasteiger partial charge in [-0.3, -0.25) is 0 Å². The molecule has 0 saturated carbocycles. The minimum atomic E-state index is -3.61. The van der Waals surface area contributed by atoms with E-state index in [1.807, 2.05) is 36.6 Å². The lowest BCUT2D eigenvalue weighted by molar-refractivity contribution is -0.743. The fraction of sp³-hybridized carbons (Fsp3) is 0.0952. The summed E-state index contributed by atoms with van der Waals surface area (Å²) in [5.74, 6) is 0.948. The summed E-state index contributed by atoms with van der Waals surface area (Å²) < 4.78 is 26.5. The van der Waals surface area contributed by atoms with Crippen molar-refractivity contribution < 1.29 is 12.9 Å². The van der Waals surface area contributed by atoms with Gasteiger partial charge in [0.15, 0.2) is 0 Å². The van der Waals surface area contributed by atoms with Crippen LogP contribution in [0.1, 0.15) is 11.1 Å². The van der Waals surface area contributed by atoms with Gasteiger partial charge in [0.25, 0.3) is 0 Å². The van der Waals surface area contributed by atoms with Gasteiger partial charge < -0.3 is 0 Å². The summed E-state index contributed by atoms with van der Waals surface area (Å²) in [6.45, 7) is 2.39. The molecule has 2 aliphatic rings. The first kappa shape index (κ1) is 17.9. The summed E-state index contributed by atoms with van der Waals surface area (Å²) in [6.07, 6.45) is 11.8. The first-order valence-electron chi connectivity index (χ1n) is 8.51. The predicted octanol–water partition coefficient (Wildman–Crippen LogP) is 4.76. The van der Waals surface area contributed by atoms with Crippen molar-refractivity contribution in [2.24, 2.45) is 4.99 Å². The lowest BCUT2D eigenvalue weighted by Crippen LogP contribution is -2.40. The number of halogens is 1. The fourth-order valence-electron chi connectivity index (χ4n) is 3.33. The van der Waals surface area contributed by atoms with Crippen LogP contribution in [0.5, 0.6) is 0 Å². The monoisotopic (exact) mass is 397 g/mol. The molecule has 0 spiro atoms. The summed E-state index contributed by atoms with van der Waals surface area (Å²) in [5.41, 5.74) is 1.59. The number of nitrogens with zero attached hydrogens (tertiary/aromatic N) is 2. The number of quaternary nitrogens is 1. The molecule has 4 nitrogen and oxygen atoms in total. The van der Waals surface area contributed by atoms with Crippen LogP contribution in [-0.4, -0.2) is 18.7 Å². The average Bonchev–Trinajstić information content (AvgIpc) is 3.07. The molecule has 0 N–H and O–H groups in total. The Morgan fingerprint density at radius 3 is 2.59 bits per heavy atom. The Kier molecular flexibility index (Phi) is 4.38. The van der Waals surface area contributed by atoms with Gasteiger partial charge in [0.1, 0.15) is 18.9 Å². The lowest BCUT2D eigenvalue weighted by Gasteiger charge is -2.28.